The molecule has 5 aromatic carbocycles. The molecule has 0 unspecified atom stereocenters. The maximum absolute atomic E-state index is 12.7. The Morgan fingerprint density at radius 3 is 1.91 bits per heavy atom. The highest BCUT2D eigenvalue weighted by atomic mass is 16.5. The quantitative estimate of drug-likeness (QED) is 0.119. The summed E-state index contributed by atoms with van der Waals surface area (Å²) in [4.78, 5) is 38.6. The minimum Gasteiger partial charge on any atom is -0.497 e. The summed E-state index contributed by atoms with van der Waals surface area (Å²) in [6.45, 7) is 0.0868. The molecule has 0 heterocycles. The van der Waals surface area contributed by atoms with Gasteiger partial charge in [0.2, 0.25) is 5.91 Å². The van der Waals surface area contributed by atoms with E-state index in [0.29, 0.717) is 29.2 Å². The number of carboxylic acid groups (broad SMARTS) is 1. The summed E-state index contributed by atoms with van der Waals surface area (Å²) in [5.41, 5.74) is 5.48. The zero-order valence-electron chi connectivity index (χ0n) is 24.7. The number of carbonyl (C=O) groups excluding carboxylic acids is 2. The highest BCUT2D eigenvalue weighted by molar-refractivity contribution is 5.93. The average Bonchev–Trinajstić information content (AvgIpc) is 3.06. The van der Waals surface area contributed by atoms with Gasteiger partial charge in [-0.3, -0.25) is 9.59 Å². The van der Waals surface area contributed by atoms with Crippen LogP contribution >= 0.6 is 0 Å². The first-order valence-electron chi connectivity index (χ1n) is 14.3. The van der Waals surface area contributed by atoms with E-state index in [1.807, 2.05) is 54.6 Å². The second-order valence-electron chi connectivity index (χ2n) is 10.3. The summed E-state index contributed by atoms with van der Waals surface area (Å²) >= 11 is 0. The van der Waals surface area contributed by atoms with Gasteiger partial charge < -0.3 is 24.8 Å². The standard InChI is InChI=1S/C37H32N2O6/c1-44-33-19-7-26(8-20-33)23-35(40)38-31-15-17-32(18-16-31)39(25-36(41)42)24-27-9-21-34(22-10-27)45-37(43)30-13-11-29(12-14-30)28-5-3-2-4-6-28/h2-22H,23-25H2,1H3,(H,38,40)(H,41,42). The topological polar surface area (TPSA) is 105 Å². The van der Waals surface area contributed by atoms with E-state index in [1.54, 1.807) is 84.8 Å². The first-order chi connectivity index (χ1) is 21.9. The minimum absolute atomic E-state index is 0.166. The third-order valence-corrected chi connectivity index (χ3v) is 7.10. The van der Waals surface area contributed by atoms with Crippen LogP contribution in [0.25, 0.3) is 11.1 Å². The average molecular weight is 601 g/mol. The van der Waals surface area contributed by atoms with Crippen molar-refractivity contribution in [2.75, 3.05) is 23.9 Å². The number of nitrogens with one attached hydrogen (secondary N) is 1. The van der Waals surface area contributed by atoms with Crippen LogP contribution in [-0.4, -0.2) is 36.6 Å². The third-order valence-electron chi connectivity index (χ3n) is 7.10. The number of carboxylic acids is 1. The van der Waals surface area contributed by atoms with Gasteiger partial charge in [0.15, 0.2) is 0 Å². The Bertz CT molecular complexity index is 1740. The lowest BCUT2D eigenvalue weighted by molar-refractivity contribution is -0.135. The van der Waals surface area contributed by atoms with Gasteiger partial charge in [-0.05, 0) is 82.9 Å². The second-order valence-corrected chi connectivity index (χ2v) is 10.3. The Morgan fingerprint density at radius 1 is 0.689 bits per heavy atom. The molecular formula is C37H32N2O6. The summed E-state index contributed by atoms with van der Waals surface area (Å²) in [5.74, 6) is -0.501. The van der Waals surface area contributed by atoms with Crippen LogP contribution in [0.3, 0.4) is 0 Å². The van der Waals surface area contributed by atoms with Gasteiger partial charge in [-0.15, -0.1) is 0 Å². The lowest BCUT2D eigenvalue weighted by Gasteiger charge is -2.23. The normalized spacial score (nSPS) is 10.5. The molecule has 0 aliphatic carbocycles. The summed E-state index contributed by atoms with van der Waals surface area (Å²) in [5, 5.41) is 12.4. The molecule has 0 aromatic heterocycles. The molecule has 0 spiro atoms. The Labute approximate surface area is 261 Å². The molecule has 8 nitrogen and oxygen atoms in total. The van der Waals surface area contributed by atoms with Crippen LogP contribution in [0.5, 0.6) is 11.5 Å². The van der Waals surface area contributed by atoms with Gasteiger partial charge in [-0.2, -0.15) is 0 Å². The number of amides is 1. The number of esters is 1. The number of nitrogens with zero attached hydrogens (tertiary/aromatic N) is 1. The molecule has 5 rings (SSSR count). The molecule has 2 N–H and O–H groups in total. The van der Waals surface area contributed by atoms with Crippen molar-refractivity contribution >= 4 is 29.2 Å². The fourth-order valence-corrected chi connectivity index (χ4v) is 4.77. The Kier molecular flexibility index (Phi) is 9.87. The molecule has 0 saturated heterocycles. The van der Waals surface area contributed by atoms with Gasteiger partial charge in [0, 0.05) is 17.9 Å². The Balaban J connectivity index is 1.18. The van der Waals surface area contributed by atoms with Crippen molar-refractivity contribution < 1.29 is 29.0 Å². The van der Waals surface area contributed by atoms with Gasteiger partial charge in [0.25, 0.3) is 0 Å². The molecule has 226 valence electrons. The van der Waals surface area contributed by atoms with Gasteiger partial charge >= 0.3 is 11.9 Å². The third kappa shape index (κ3) is 8.58. The molecule has 0 fully saturated rings. The van der Waals surface area contributed by atoms with Gasteiger partial charge in [-0.25, -0.2) is 4.79 Å². The highest BCUT2D eigenvalue weighted by Crippen LogP contribution is 2.23. The molecule has 1 amide bonds. The van der Waals surface area contributed by atoms with E-state index in [4.69, 9.17) is 9.47 Å². The van der Waals surface area contributed by atoms with E-state index in [2.05, 4.69) is 5.32 Å². The summed E-state index contributed by atoms with van der Waals surface area (Å²) < 4.78 is 10.7. The van der Waals surface area contributed by atoms with Gasteiger partial charge in [-0.1, -0.05) is 66.7 Å². The molecule has 0 radical (unpaired) electrons. The number of methoxy groups -OCH3 is 1. The summed E-state index contributed by atoms with van der Waals surface area (Å²) in [6.07, 6.45) is 0.211. The molecule has 5 aromatic rings. The maximum atomic E-state index is 12.7. The molecule has 0 saturated carbocycles. The van der Waals surface area contributed by atoms with Crippen molar-refractivity contribution in [1.29, 1.82) is 0 Å². The van der Waals surface area contributed by atoms with Crippen LogP contribution in [0.1, 0.15) is 21.5 Å². The largest absolute Gasteiger partial charge is 0.497 e. The van der Waals surface area contributed by atoms with E-state index in [9.17, 15) is 19.5 Å². The predicted molar refractivity (Wildman–Crippen MR) is 174 cm³/mol. The maximum Gasteiger partial charge on any atom is 0.343 e. The molecule has 0 bridgehead atoms. The molecule has 0 atom stereocenters. The highest BCUT2D eigenvalue weighted by Gasteiger charge is 2.14. The number of hydrogen-bond acceptors (Lipinski definition) is 6. The van der Waals surface area contributed by atoms with E-state index < -0.39 is 11.9 Å². The van der Waals surface area contributed by atoms with E-state index in [0.717, 1.165) is 28.0 Å². The zero-order chi connectivity index (χ0) is 31.6. The molecular weight excluding hydrogens is 568 g/mol. The van der Waals surface area contributed by atoms with Crippen molar-refractivity contribution in [3.8, 4) is 22.6 Å². The minimum atomic E-state index is -0.976. The predicted octanol–water partition coefficient (Wildman–Crippen LogP) is 6.85. The van der Waals surface area contributed by atoms with Crippen molar-refractivity contribution in [1.82, 2.24) is 0 Å². The van der Waals surface area contributed by atoms with E-state index in [-0.39, 0.29) is 18.9 Å². The van der Waals surface area contributed by atoms with Crippen LogP contribution in [-0.2, 0) is 22.6 Å². The van der Waals surface area contributed by atoms with Crippen molar-refractivity contribution in [3.05, 3.63) is 144 Å². The van der Waals surface area contributed by atoms with Crippen LogP contribution in [0, 0.1) is 0 Å². The van der Waals surface area contributed by atoms with Gasteiger partial charge in [0.1, 0.15) is 18.0 Å². The molecule has 0 aliphatic rings. The number of anilines is 2. The fraction of sp³-hybridized carbons (Fsp3) is 0.108. The Morgan fingerprint density at radius 2 is 1.29 bits per heavy atom. The smallest absolute Gasteiger partial charge is 0.343 e. The lowest BCUT2D eigenvalue weighted by Crippen LogP contribution is -2.29. The summed E-state index contributed by atoms with van der Waals surface area (Å²) in [7, 11) is 1.59. The SMILES string of the molecule is COc1ccc(CC(=O)Nc2ccc(N(CC(=O)O)Cc3ccc(OC(=O)c4ccc(-c5ccccc5)cc4)cc3)cc2)cc1. The number of ether oxygens (including phenoxy) is 2. The molecule has 8 heteroatoms. The number of aliphatic carboxylic acids is 1. The number of benzene rings is 5. The van der Waals surface area contributed by atoms with Crippen molar-refractivity contribution in [3.63, 3.8) is 0 Å². The lowest BCUT2D eigenvalue weighted by atomic mass is 10.0. The van der Waals surface area contributed by atoms with Crippen LogP contribution < -0.4 is 19.7 Å². The number of rotatable bonds is 12. The van der Waals surface area contributed by atoms with Crippen LogP contribution in [0.4, 0.5) is 11.4 Å². The summed E-state index contributed by atoms with van der Waals surface area (Å²) in [6, 6.07) is 38.4. The molecule has 0 aliphatic heterocycles. The van der Waals surface area contributed by atoms with Crippen LogP contribution in [0.15, 0.2) is 127 Å². The number of hydrogen-bond donors (Lipinski definition) is 2. The monoisotopic (exact) mass is 600 g/mol. The van der Waals surface area contributed by atoms with Gasteiger partial charge in [0.05, 0.1) is 19.1 Å². The Hall–Kier alpha value is -5.89. The van der Waals surface area contributed by atoms with Crippen molar-refractivity contribution in [2.24, 2.45) is 0 Å². The van der Waals surface area contributed by atoms with E-state index in [1.165, 1.54) is 0 Å². The van der Waals surface area contributed by atoms with Crippen LogP contribution in [0.2, 0.25) is 0 Å². The van der Waals surface area contributed by atoms with Crippen molar-refractivity contribution in [2.45, 2.75) is 13.0 Å². The first-order valence-corrected chi connectivity index (χ1v) is 14.3. The zero-order valence-corrected chi connectivity index (χ0v) is 24.7. The fourth-order valence-electron chi connectivity index (χ4n) is 4.77. The first kappa shape index (κ1) is 30.6. The van der Waals surface area contributed by atoms with E-state index >= 15 is 0 Å². The second kappa shape index (κ2) is 14.5. The molecule has 45 heavy (non-hydrogen) atoms. The number of carbonyl (C=O) groups is 3.